The van der Waals surface area contributed by atoms with Gasteiger partial charge >= 0.3 is 0 Å². The van der Waals surface area contributed by atoms with Gasteiger partial charge in [0.15, 0.2) is 5.78 Å². The van der Waals surface area contributed by atoms with Crippen LogP contribution in [0.1, 0.15) is 28.6 Å². The van der Waals surface area contributed by atoms with Crippen LogP contribution in [0, 0.1) is 0 Å². The van der Waals surface area contributed by atoms with Crippen LogP contribution in [0.25, 0.3) is 0 Å². The molecule has 0 aliphatic heterocycles. The molecule has 1 aromatic heterocycles. The Morgan fingerprint density at radius 3 is 3.21 bits per heavy atom. The first-order valence-electron chi connectivity index (χ1n) is 4.74. The minimum atomic E-state index is 0.140. The third-order valence-electron chi connectivity index (χ3n) is 2.30. The van der Waals surface area contributed by atoms with E-state index in [0.717, 1.165) is 24.0 Å². The van der Waals surface area contributed by atoms with Gasteiger partial charge in [-0.15, -0.1) is 11.3 Å². The predicted molar refractivity (Wildman–Crippen MR) is 56.7 cm³/mol. The summed E-state index contributed by atoms with van der Waals surface area (Å²) in [4.78, 5) is 13.1. The molecule has 0 spiro atoms. The highest BCUT2D eigenvalue weighted by atomic mass is 32.1. The topological polar surface area (TPSA) is 26.3 Å². The molecule has 0 amide bonds. The van der Waals surface area contributed by atoms with Gasteiger partial charge in [-0.1, -0.05) is 0 Å². The van der Waals surface area contributed by atoms with Crippen molar-refractivity contribution in [1.82, 2.24) is 0 Å². The fourth-order valence-corrected chi connectivity index (χ4v) is 2.44. The zero-order valence-electron chi connectivity index (χ0n) is 8.08. The fourth-order valence-electron chi connectivity index (χ4n) is 1.57. The van der Waals surface area contributed by atoms with Crippen molar-refractivity contribution in [2.24, 2.45) is 0 Å². The van der Waals surface area contributed by atoms with E-state index in [4.69, 9.17) is 4.74 Å². The lowest BCUT2D eigenvalue weighted by molar-refractivity contribution is 0.102. The number of allylic oxidation sites excluding steroid dienone is 1. The molecule has 0 saturated heterocycles. The molecule has 1 aliphatic rings. The monoisotopic (exact) mass is 208 g/mol. The van der Waals surface area contributed by atoms with Crippen molar-refractivity contribution in [2.75, 3.05) is 6.61 Å². The van der Waals surface area contributed by atoms with Crippen molar-refractivity contribution in [3.63, 3.8) is 0 Å². The smallest absolute Gasteiger partial charge is 0.193 e. The maximum atomic E-state index is 11.8. The number of ketones is 1. The molecule has 0 radical (unpaired) electrons. The molecule has 14 heavy (non-hydrogen) atoms. The van der Waals surface area contributed by atoms with Crippen LogP contribution in [0.5, 0.6) is 0 Å². The average molecular weight is 208 g/mol. The SMILES string of the molecule is CCO/C=C1\CCc2sccc2C1=O. The summed E-state index contributed by atoms with van der Waals surface area (Å²) in [5.74, 6) is 0.140. The number of aryl methyl sites for hydroxylation is 1. The van der Waals surface area contributed by atoms with Gasteiger partial charge in [-0.2, -0.15) is 0 Å². The number of thiophene rings is 1. The van der Waals surface area contributed by atoms with Gasteiger partial charge in [-0.25, -0.2) is 0 Å². The van der Waals surface area contributed by atoms with E-state index in [1.165, 1.54) is 4.88 Å². The Labute approximate surface area is 87.2 Å². The molecule has 0 bridgehead atoms. The standard InChI is InChI=1S/C11H12O2S/c1-2-13-7-8-3-4-10-9(11(8)12)5-6-14-10/h5-7H,2-4H2,1H3/b8-7+. The molecule has 1 heterocycles. The van der Waals surface area contributed by atoms with E-state index in [1.807, 2.05) is 18.4 Å². The fraction of sp³-hybridized carbons (Fsp3) is 0.364. The molecular weight excluding hydrogens is 196 g/mol. The van der Waals surface area contributed by atoms with Crippen LogP contribution >= 0.6 is 11.3 Å². The van der Waals surface area contributed by atoms with Crippen molar-refractivity contribution < 1.29 is 9.53 Å². The Bertz CT molecular complexity index is 376. The molecule has 2 nitrogen and oxygen atoms in total. The second-order valence-corrected chi connectivity index (χ2v) is 4.19. The number of ether oxygens (including phenoxy) is 1. The Morgan fingerprint density at radius 1 is 1.57 bits per heavy atom. The third kappa shape index (κ3) is 1.60. The zero-order chi connectivity index (χ0) is 9.97. The Kier molecular flexibility index (Phi) is 2.68. The molecule has 3 heteroatoms. The van der Waals surface area contributed by atoms with Crippen LogP contribution in [0.4, 0.5) is 0 Å². The van der Waals surface area contributed by atoms with Gasteiger partial charge in [0.2, 0.25) is 0 Å². The summed E-state index contributed by atoms with van der Waals surface area (Å²) in [6.45, 7) is 2.54. The summed E-state index contributed by atoms with van der Waals surface area (Å²) >= 11 is 1.67. The molecule has 2 rings (SSSR count). The Balaban J connectivity index is 2.25. The molecule has 0 N–H and O–H groups in total. The molecule has 1 aliphatic carbocycles. The quantitative estimate of drug-likeness (QED) is 0.552. The lowest BCUT2D eigenvalue weighted by atomic mass is 9.94. The van der Waals surface area contributed by atoms with Gasteiger partial charge < -0.3 is 4.74 Å². The van der Waals surface area contributed by atoms with Gasteiger partial charge in [0.1, 0.15) is 0 Å². The summed E-state index contributed by atoms with van der Waals surface area (Å²) in [6, 6.07) is 1.90. The van der Waals surface area contributed by atoms with E-state index >= 15 is 0 Å². The van der Waals surface area contributed by atoms with Gasteiger partial charge in [-0.3, -0.25) is 4.79 Å². The van der Waals surface area contributed by atoms with Gasteiger partial charge in [0.25, 0.3) is 0 Å². The molecule has 0 atom stereocenters. The van der Waals surface area contributed by atoms with E-state index in [1.54, 1.807) is 17.6 Å². The van der Waals surface area contributed by atoms with Crippen molar-refractivity contribution in [1.29, 1.82) is 0 Å². The first-order valence-corrected chi connectivity index (χ1v) is 5.62. The average Bonchev–Trinajstić information content (AvgIpc) is 2.66. The Morgan fingerprint density at radius 2 is 2.43 bits per heavy atom. The maximum absolute atomic E-state index is 11.8. The van der Waals surface area contributed by atoms with Crippen molar-refractivity contribution in [3.8, 4) is 0 Å². The maximum Gasteiger partial charge on any atom is 0.193 e. The van der Waals surface area contributed by atoms with E-state index in [-0.39, 0.29) is 5.78 Å². The first-order chi connectivity index (χ1) is 6.83. The normalized spacial score (nSPS) is 18.4. The van der Waals surface area contributed by atoms with Crippen LogP contribution < -0.4 is 0 Å². The van der Waals surface area contributed by atoms with E-state index in [9.17, 15) is 4.79 Å². The second kappa shape index (κ2) is 3.96. The zero-order valence-corrected chi connectivity index (χ0v) is 8.89. The summed E-state index contributed by atoms with van der Waals surface area (Å²) in [7, 11) is 0. The van der Waals surface area contributed by atoms with E-state index in [2.05, 4.69) is 0 Å². The number of fused-ring (bicyclic) bond motifs is 1. The molecule has 0 saturated carbocycles. The molecule has 0 fully saturated rings. The molecule has 0 unspecified atom stereocenters. The van der Waals surface area contributed by atoms with Crippen LogP contribution in [0.15, 0.2) is 23.3 Å². The number of hydrogen-bond acceptors (Lipinski definition) is 3. The van der Waals surface area contributed by atoms with Gasteiger partial charge in [0, 0.05) is 16.0 Å². The van der Waals surface area contributed by atoms with Gasteiger partial charge in [-0.05, 0) is 31.2 Å². The largest absolute Gasteiger partial charge is 0.501 e. The minimum absolute atomic E-state index is 0.140. The molecule has 1 aromatic rings. The molecule has 74 valence electrons. The molecular formula is C11H12O2S. The number of carbonyl (C=O) groups excluding carboxylic acids is 1. The summed E-state index contributed by atoms with van der Waals surface area (Å²) in [5.41, 5.74) is 1.67. The van der Waals surface area contributed by atoms with Crippen molar-refractivity contribution in [2.45, 2.75) is 19.8 Å². The predicted octanol–water partition coefficient (Wildman–Crippen LogP) is 2.80. The second-order valence-electron chi connectivity index (χ2n) is 3.19. The first kappa shape index (κ1) is 9.46. The Hall–Kier alpha value is -1.09. The lowest BCUT2D eigenvalue weighted by Gasteiger charge is -2.12. The van der Waals surface area contributed by atoms with Crippen LogP contribution in [-0.2, 0) is 11.2 Å². The van der Waals surface area contributed by atoms with Crippen molar-refractivity contribution in [3.05, 3.63) is 33.7 Å². The number of hydrogen-bond donors (Lipinski definition) is 0. The van der Waals surface area contributed by atoms with Crippen LogP contribution in [0.3, 0.4) is 0 Å². The molecule has 0 aromatic carbocycles. The summed E-state index contributed by atoms with van der Waals surface area (Å²) < 4.78 is 5.16. The van der Waals surface area contributed by atoms with Crippen molar-refractivity contribution >= 4 is 17.1 Å². The van der Waals surface area contributed by atoms with E-state index in [0.29, 0.717) is 6.61 Å². The van der Waals surface area contributed by atoms with Gasteiger partial charge in [0.05, 0.1) is 12.9 Å². The highest BCUT2D eigenvalue weighted by Gasteiger charge is 2.22. The van der Waals surface area contributed by atoms with Crippen LogP contribution in [0.2, 0.25) is 0 Å². The number of rotatable bonds is 2. The third-order valence-corrected chi connectivity index (χ3v) is 3.28. The number of Topliss-reactive ketones (excluding diaryl/α,β-unsaturated/α-hetero) is 1. The highest BCUT2D eigenvalue weighted by Crippen LogP contribution is 2.28. The summed E-state index contributed by atoms with van der Waals surface area (Å²) in [5, 5.41) is 1.98. The van der Waals surface area contributed by atoms with E-state index < -0.39 is 0 Å². The highest BCUT2D eigenvalue weighted by molar-refractivity contribution is 7.10. The summed E-state index contributed by atoms with van der Waals surface area (Å²) in [6.07, 6.45) is 3.40. The lowest BCUT2D eigenvalue weighted by Crippen LogP contribution is -2.12. The minimum Gasteiger partial charge on any atom is -0.501 e. The number of carbonyl (C=O) groups is 1. The van der Waals surface area contributed by atoms with Crippen LogP contribution in [-0.4, -0.2) is 12.4 Å².